The molecule has 1 heterocycles. The van der Waals surface area contributed by atoms with Gasteiger partial charge in [0.25, 0.3) is 0 Å². The van der Waals surface area contributed by atoms with Crippen molar-refractivity contribution in [1.82, 2.24) is 4.98 Å². The molecule has 4 heteroatoms. The molecule has 0 aliphatic heterocycles. The van der Waals surface area contributed by atoms with Crippen LogP contribution in [0.4, 0.5) is 10.1 Å². The molecular formula is C12H12ClFN2. The van der Waals surface area contributed by atoms with E-state index in [9.17, 15) is 4.39 Å². The van der Waals surface area contributed by atoms with Crippen LogP contribution in [-0.2, 0) is 6.42 Å². The maximum absolute atomic E-state index is 13.2. The van der Waals surface area contributed by atoms with Gasteiger partial charge in [-0.05, 0) is 18.6 Å². The molecule has 0 unspecified atom stereocenters. The van der Waals surface area contributed by atoms with E-state index in [1.54, 1.807) is 6.07 Å². The molecule has 0 saturated heterocycles. The zero-order valence-corrected chi connectivity index (χ0v) is 9.68. The van der Waals surface area contributed by atoms with Crippen LogP contribution in [0.5, 0.6) is 0 Å². The molecule has 0 aliphatic carbocycles. The number of pyridine rings is 1. The first-order chi connectivity index (χ1) is 7.61. The Morgan fingerprint density at radius 2 is 2.12 bits per heavy atom. The van der Waals surface area contributed by atoms with E-state index in [0.717, 1.165) is 18.5 Å². The molecule has 0 saturated carbocycles. The van der Waals surface area contributed by atoms with Gasteiger partial charge in [-0.3, -0.25) is 4.98 Å². The number of hydrogen-bond donors (Lipinski definition) is 1. The van der Waals surface area contributed by atoms with Crippen molar-refractivity contribution in [2.75, 3.05) is 5.73 Å². The molecule has 0 aliphatic rings. The van der Waals surface area contributed by atoms with Crippen LogP contribution in [0.2, 0.25) is 5.02 Å². The van der Waals surface area contributed by atoms with E-state index in [1.807, 2.05) is 0 Å². The standard InChI is InChI=1S/C12H12ClFN2/c1-2-3-8-6-10(15)12-9(13)4-7(14)5-11(12)16-8/h4-6H,2-3H2,1H3,(H2,15,16). The van der Waals surface area contributed by atoms with Crippen LogP contribution in [0.15, 0.2) is 18.2 Å². The van der Waals surface area contributed by atoms with Crippen molar-refractivity contribution in [3.63, 3.8) is 0 Å². The summed E-state index contributed by atoms with van der Waals surface area (Å²) in [6.07, 6.45) is 1.80. The third kappa shape index (κ3) is 1.95. The van der Waals surface area contributed by atoms with E-state index in [2.05, 4.69) is 11.9 Å². The van der Waals surface area contributed by atoms with E-state index in [-0.39, 0.29) is 0 Å². The molecule has 0 atom stereocenters. The second-order valence-electron chi connectivity index (χ2n) is 3.73. The Kier molecular flexibility index (Phi) is 2.97. The van der Waals surface area contributed by atoms with Crippen molar-refractivity contribution < 1.29 is 4.39 Å². The Morgan fingerprint density at radius 3 is 2.81 bits per heavy atom. The minimum atomic E-state index is -0.391. The predicted octanol–water partition coefficient (Wildman–Crippen LogP) is 3.56. The van der Waals surface area contributed by atoms with Crippen LogP contribution < -0.4 is 5.73 Å². The fourth-order valence-electron chi connectivity index (χ4n) is 1.76. The summed E-state index contributed by atoms with van der Waals surface area (Å²) in [5.41, 5.74) is 7.84. The fraction of sp³-hybridized carbons (Fsp3) is 0.250. The van der Waals surface area contributed by atoms with E-state index in [0.29, 0.717) is 21.6 Å². The average Bonchev–Trinajstić information content (AvgIpc) is 2.15. The van der Waals surface area contributed by atoms with Gasteiger partial charge < -0.3 is 5.73 Å². The second-order valence-corrected chi connectivity index (χ2v) is 4.14. The molecule has 0 radical (unpaired) electrons. The van der Waals surface area contributed by atoms with Crippen LogP contribution in [0.1, 0.15) is 19.0 Å². The molecule has 0 bridgehead atoms. The van der Waals surface area contributed by atoms with Crippen molar-refractivity contribution in [3.05, 3.63) is 34.7 Å². The van der Waals surface area contributed by atoms with Gasteiger partial charge in [0.05, 0.1) is 10.5 Å². The first kappa shape index (κ1) is 11.1. The maximum Gasteiger partial charge on any atom is 0.126 e. The summed E-state index contributed by atoms with van der Waals surface area (Å²) in [5, 5.41) is 0.936. The second kappa shape index (κ2) is 4.26. The Morgan fingerprint density at radius 1 is 1.38 bits per heavy atom. The third-order valence-corrected chi connectivity index (χ3v) is 2.71. The largest absolute Gasteiger partial charge is 0.398 e. The summed E-state index contributed by atoms with van der Waals surface area (Å²) in [7, 11) is 0. The number of nitrogen functional groups attached to an aromatic ring is 1. The van der Waals surface area contributed by atoms with Crippen LogP contribution in [0.3, 0.4) is 0 Å². The number of rotatable bonds is 2. The highest BCUT2D eigenvalue weighted by Gasteiger charge is 2.08. The SMILES string of the molecule is CCCc1cc(N)c2c(Cl)cc(F)cc2n1. The van der Waals surface area contributed by atoms with E-state index < -0.39 is 5.82 Å². The molecule has 0 amide bonds. The summed E-state index contributed by atoms with van der Waals surface area (Å²) >= 11 is 5.94. The van der Waals surface area contributed by atoms with Crippen LogP contribution in [-0.4, -0.2) is 4.98 Å². The minimum absolute atomic E-state index is 0.308. The number of nitrogens with two attached hydrogens (primary N) is 1. The average molecular weight is 239 g/mol. The highest BCUT2D eigenvalue weighted by atomic mass is 35.5. The molecule has 16 heavy (non-hydrogen) atoms. The Bertz CT molecular complexity index is 540. The molecule has 0 spiro atoms. The van der Waals surface area contributed by atoms with Gasteiger partial charge in [-0.15, -0.1) is 0 Å². The summed E-state index contributed by atoms with van der Waals surface area (Å²) in [5.74, 6) is -0.391. The summed E-state index contributed by atoms with van der Waals surface area (Å²) in [6.45, 7) is 2.06. The lowest BCUT2D eigenvalue weighted by Gasteiger charge is -2.07. The lowest BCUT2D eigenvalue weighted by atomic mass is 10.1. The number of aromatic nitrogens is 1. The Balaban J connectivity index is 2.71. The van der Waals surface area contributed by atoms with Gasteiger partial charge in [0, 0.05) is 22.8 Å². The molecule has 1 aromatic heterocycles. The summed E-state index contributed by atoms with van der Waals surface area (Å²) in [6, 6.07) is 4.41. The Labute approximate surface area is 98.2 Å². The van der Waals surface area contributed by atoms with Crippen LogP contribution >= 0.6 is 11.6 Å². The van der Waals surface area contributed by atoms with Gasteiger partial charge in [-0.1, -0.05) is 24.9 Å². The third-order valence-electron chi connectivity index (χ3n) is 2.42. The first-order valence-corrected chi connectivity index (χ1v) is 5.53. The number of nitrogens with zero attached hydrogens (tertiary/aromatic N) is 1. The number of hydrogen-bond acceptors (Lipinski definition) is 2. The minimum Gasteiger partial charge on any atom is -0.398 e. The lowest BCUT2D eigenvalue weighted by molar-refractivity contribution is 0.629. The summed E-state index contributed by atoms with van der Waals surface area (Å²) in [4.78, 5) is 4.34. The van der Waals surface area contributed by atoms with Gasteiger partial charge in [0.1, 0.15) is 5.82 Å². The molecule has 1 aromatic carbocycles. The normalized spacial score (nSPS) is 10.9. The van der Waals surface area contributed by atoms with E-state index in [4.69, 9.17) is 17.3 Å². The van der Waals surface area contributed by atoms with Crippen molar-refractivity contribution in [2.45, 2.75) is 19.8 Å². The van der Waals surface area contributed by atoms with Gasteiger partial charge >= 0.3 is 0 Å². The number of benzene rings is 1. The van der Waals surface area contributed by atoms with Crippen molar-refractivity contribution >= 4 is 28.2 Å². The molecule has 2 rings (SSSR count). The van der Waals surface area contributed by atoms with Crippen molar-refractivity contribution in [3.8, 4) is 0 Å². The smallest absolute Gasteiger partial charge is 0.126 e. The molecule has 0 fully saturated rings. The zero-order chi connectivity index (χ0) is 11.7. The van der Waals surface area contributed by atoms with Gasteiger partial charge in [0.2, 0.25) is 0 Å². The molecular weight excluding hydrogens is 227 g/mol. The zero-order valence-electron chi connectivity index (χ0n) is 8.93. The molecule has 2 nitrogen and oxygen atoms in total. The van der Waals surface area contributed by atoms with Crippen molar-refractivity contribution in [1.29, 1.82) is 0 Å². The maximum atomic E-state index is 13.2. The van der Waals surface area contributed by atoms with Gasteiger partial charge in [-0.2, -0.15) is 0 Å². The van der Waals surface area contributed by atoms with Crippen LogP contribution in [0, 0.1) is 5.82 Å². The fourth-order valence-corrected chi connectivity index (χ4v) is 2.07. The van der Waals surface area contributed by atoms with Crippen LogP contribution in [0.25, 0.3) is 10.9 Å². The van der Waals surface area contributed by atoms with E-state index in [1.165, 1.54) is 12.1 Å². The molecule has 2 aromatic rings. The number of aryl methyl sites for hydroxylation is 1. The Hall–Kier alpha value is -1.35. The number of halogens is 2. The monoisotopic (exact) mass is 238 g/mol. The lowest BCUT2D eigenvalue weighted by Crippen LogP contribution is -1.96. The number of fused-ring (bicyclic) bond motifs is 1. The topological polar surface area (TPSA) is 38.9 Å². The summed E-state index contributed by atoms with van der Waals surface area (Å²) < 4.78 is 13.2. The highest BCUT2D eigenvalue weighted by molar-refractivity contribution is 6.36. The molecule has 84 valence electrons. The van der Waals surface area contributed by atoms with Gasteiger partial charge in [-0.25, -0.2) is 4.39 Å². The molecule has 2 N–H and O–H groups in total. The van der Waals surface area contributed by atoms with E-state index >= 15 is 0 Å². The predicted molar refractivity (Wildman–Crippen MR) is 65.1 cm³/mol. The first-order valence-electron chi connectivity index (χ1n) is 5.16. The van der Waals surface area contributed by atoms with Gasteiger partial charge in [0.15, 0.2) is 0 Å². The highest BCUT2D eigenvalue weighted by Crippen LogP contribution is 2.29. The quantitative estimate of drug-likeness (QED) is 0.869. The van der Waals surface area contributed by atoms with Crippen molar-refractivity contribution in [2.24, 2.45) is 0 Å². The number of anilines is 1.